The number of aliphatic hydroxyl groups is 3. The summed E-state index contributed by atoms with van der Waals surface area (Å²) >= 11 is 0. The van der Waals surface area contributed by atoms with Crippen LogP contribution < -0.4 is 0 Å². The molecule has 2 unspecified atom stereocenters. The molecule has 1 fully saturated rings. The number of hydrogen-bond donors (Lipinski definition) is 4. The molecule has 6 atom stereocenters. The molecule has 12 nitrogen and oxygen atoms in total. The summed E-state index contributed by atoms with van der Waals surface area (Å²) in [6.45, 7) is 3.71. The van der Waals surface area contributed by atoms with Crippen LogP contribution in [0.4, 0.5) is 0 Å². The predicted molar refractivity (Wildman–Crippen MR) is 206 cm³/mol. The second-order valence-electron chi connectivity index (χ2n) is 15.0. The molecule has 13 heteroatoms. The van der Waals surface area contributed by atoms with E-state index in [1.54, 1.807) is 0 Å². The smallest absolute Gasteiger partial charge is 0.306 e. The summed E-state index contributed by atoms with van der Waals surface area (Å²) in [6.07, 6.45) is 20.4. The van der Waals surface area contributed by atoms with Gasteiger partial charge in [-0.2, -0.15) is 8.42 Å². The van der Waals surface area contributed by atoms with Crippen LogP contribution in [0.1, 0.15) is 187 Å². The quantitative estimate of drug-likeness (QED) is 0.0279. The number of esters is 2. The van der Waals surface area contributed by atoms with Crippen molar-refractivity contribution in [3.05, 3.63) is 0 Å². The van der Waals surface area contributed by atoms with E-state index in [0.29, 0.717) is 12.8 Å². The normalized spacial score (nSPS) is 21.1. The Morgan fingerprint density at radius 3 is 1.38 bits per heavy atom. The third kappa shape index (κ3) is 27.0. The van der Waals surface area contributed by atoms with Gasteiger partial charge in [0, 0.05) is 12.8 Å². The highest BCUT2D eigenvalue weighted by molar-refractivity contribution is 7.85. The summed E-state index contributed by atoms with van der Waals surface area (Å²) in [6, 6.07) is 0. The SMILES string of the molecule is CCCCCCCCCCCCCCCCCCCCC(=O)O[C@H](COC(=O)CCCCCCCCC)CO[C@H]1O[C@H](CS(=O)(=O)O)[C@@H](O)C(O)C1O. The van der Waals surface area contributed by atoms with Crippen LogP contribution in [0, 0.1) is 0 Å². The first-order valence-corrected chi connectivity index (χ1v) is 22.7. The molecule has 0 bridgehead atoms. The van der Waals surface area contributed by atoms with Crippen molar-refractivity contribution in [2.45, 2.75) is 224 Å². The third-order valence-corrected chi connectivity index (χ3v) is 10.7. The largest absolute Gasteiger partial charge is 0.462 e. The first-order chi connectivity index (χ1) is 25.5. The van der Waals surface area contributed by atoms with Gasteiger partial charge >= 0.3 is 11.9 Å². The van der Waals surface area contributed by atoms with Gasteiger partial charge in [0.2, 0.25) is 0 Å². The second-order valence-corrected chi connectivity index (χ2v) is 16.5. The molecule has 0 aromatic carbocycles. The Balaban J connectivity index is 2.40. The molecule has 53 heavy (non-hydrogen) atoms. The lowest BCUT2D eigenvalue weighted by Crippen LogP contribution is -2.60. The van der Waals surface area contributed by atoms with Crippen molar-refractivity contribution >= 4 is 22.1 Å². The van der Waals surface area contributed by atoms with Crippen LogP contribution in [-0.2, 0) is 38.7 Å². The predicted octanol–water partition coefficient (Wildman–Crippen LogP) is 7.73. The van der Waals surface area contributed by atoms with E-state index >= 15 is 0 Å². The van der Waals surface area contributed by atoms with Crippen molar-refractivity contribution < 1.29 is 56.8 Å². The van der Waals surface area contributed by atoms with Gasteiger partial charge in [-0.15, -0.1) is 0 Å². The minimum atomic E-state index is -4.59. The summed E-state index contributed by atoms with van der Waals surface area (Å²) in [7, 11) is -4.59. The molecule has 1 aliphatic heterocycles. The Morgan fingerprint density at radius 2 is 0.962 bits per heavy atom. The van der Waals surface area contributed by atoms with Gasteiger partial charge < -0.3 is 34.3 Å². The molecule has 314 valence electrons. The van der Waals surface area contributed by atoms with Crippen LogP contribution in [0.5, 0.6) is 0 Å². The number of carbonyl (C=O) groups excluding carboxylic acids is 2. The molecular formula is C40H76O12S. The number of hydrogen-bond acceptors (Lipinski definition) is 11. The first-order valence-electron chi connectivity index (χ1n) is 21.1. The summed E-state index contributed by atoms with van der Waals surface area (Å²) in [5, 5.41) is 30.7. The van der Waals surface area contributed by atoms with Crippen molar-refractivity contribution in [1.29, 1.82) is 0 Å². The molecule has 0 saturated carbocycles. The van der Waals surface area contributed by atoms with Crippen molar-refractivity contribution in [3.63, 3.8) is 0 Å². The minimum absolute atomic E-state index is 0.172. The van der Waals surface area contributed by atoms with E-state index in [2.05, 4.69) is 13.8 Å². The highest BCUT2D eigenvalue weighted by atomic mass is 32.2. The highest BCUT2D eigenvalue weighted by Crippen LogP contribution is 2.24. The van der Waals surface area contributed by atoms with Gasteiger partial charge in [0.15, 0.2) is 12.4 Å². The van der Waals surface area contributed by atoms with Gasteiger partial charge in [-0.1, -0.05) is 162 Å². The standard InChI is InChI=1S/C40H76O12S/c1-3-5-7-9-11-12-13-14-15-16-17-18-19-20-21-23-25-27-29-36(42)51-33(30-49-35(41)28-26-24-22-10-8-6-4-2)31-50-40-39(45)38(44)37(43)34(52-40)32-53(46,47)48/h33-34,37-40,43-45H,3-32H2,1-2H3,(H,46,47,48)/t33-,34-,37-,38?,39?,40+/m1/s1. The topological polar surface area (TPSA) is 186 Å². The molecule has 1 heterocycles. The van der Waals surface area contributed by atoms with Crippen LogP contribution in [0.25, 0.3) is 0 Å². The fraction of sp³-hybridized carbons (Fsp3) is 0.950. The zero-order chi connectivity index (χ0) is 39.2. The molecule has 0 radical (unpaired) electrons. The van der Waals surface area contributed by atoms with Crippen molar-refractivity contribution in [3.8, 4) is 0 Å². The van der Waals surface area contributed by atoms with Gasteiger partial charge in [0.1, 0.15) is 36.8 Å². The lowest BCUT2D eigenvalue weighted by molar-refractivity contribution is -0.297. The zero-order valence-corrected chi connectivity index (χ0v) is 34.0. The molecule has 4 N–H and O–H groups in total. The Bertz CT molecular complexity index is 1010. The second kappa shape index (κ2) is 31.8. The van der Waals surface area contributed by atoms with E-state index in [9.17, 15) is 37.9 Å². The van der Waals surface area contributed by atoms with E-state index in [1.165, 1.54) is 109 Å². The molecular weight excluding hydrogens is 704 g/mol. The van der Waals surface area contributed by atoms with Crippen LogP contribution in [0.15, 0.2) is 0 Å². The van der Waals surface area contributed by atoms with E-state index < -0.39 is 71.2 Å². The number of unbranched alkanes of at least 4 members (excludes halogenated alkanes) is 23. The van der Waals surface area contributed by atoms with E-state index in [0.717, 1.165) is 38.5 Å². The van der Waals surface area contributed by atoms with Gasteiger partial charge in [0.25, 0.3) is 10.1 Å². The lowest BCUT2D eigenvalue weighted by atomic mass is 10.00. The maximum atomic E-state index is 12.7. The molecule has 0 aromatic rings. The fourth-order valence-electron chi connectivity index (χ4n) is 6.62. The molecule has 0 amide bonds. The van der Waals surface area contributed by atoms with Crippen molar-refractivity contribution in [2.24, 2.45) is 0 Å². The average molecular weight is 781 g/mol. The maximum Gasteiger partial charge on any atom is 0.306 e. The molecule has 1 aliphatic rings. The highest BCUT2D eigenvalue weighted by Gasteiger charge is 2.46. The summed E-state index contributed by atoms with van der Waals surface area (Å²) in [5.41, 5.74) is 0. The van der Waals surface area contributed by atoms with Crippen molar-refractivity contribution in [1.82, 2.24) is 0 Å². The average Bonchev–Trinajstić information content (AvgIpc) is 3.12. The maximum absolute atomic E-state index is 12.7. The number of ether oxygens (including phenoxy) is 4. The molecule has 1 rings (SSSR count). The Hall–Kier alpha value is -1.35. The lowest BCUT2D eigenvalue weighted by Gasteiger charge is -2.40. The van der Waals surface area contributed by atoms with Crippen molar-refractivity contribution in [2.75, 3.05) is 19.0 Å². The fourth-order valence-corrected chi connectivity index (χ4v) is 7.31. The molecule has 0 aliphatic carbocycles. The minimum Gasteiger partial charge on any atom is -0.462 e. The third-order valence-electron chi connectivity index (χ3n) is 9.94. The van der Waals surface area contributed by atoms with Crippen LogP contribution in [0.2, 0.25) is 0 Å². The van der Waals surface area contributed by atoms with E-state index in [4.69, 9.17) is 18.9 Å². The van der Waals surface area contributed by atoms with Crippen LogP contribution >= 0.6 is 0 Å². The summed E-state index contributed by atoms with van der Waals surface area (Å²) in [4.78, 5) is 25.2. The number of aliphatic hydroxyl groups excluding tert-OH is 3. The number of rotatable bonds is 35. The Kier molecular flexibility index (Phi) is 29.8. The van der Waals surface area contributed by atoms with Crippen LogP contribution in [-0.4, -0.2) is 96.0 Å². The Labute approximate surface area is 321 Å². The van der Waals surface area contributed by atoms with Crippen LogP contribution in [0.3, 0.4) is 0 Å². The van der Waals surface area contributed by atoms with E-state index in [1.807, 2.05) is 0 Å². The monoisotopic (exact) mass is 781 g/mol. The first kappa shape index (κ1) is 49.7. The number of carbonyl (C=O) groups is 2. The molecule has 0 aromatic heterocycles. The van der Waals surface area contributed by atoms with Gasteiger partial charge in [0.05, 0.1) is 6.61 Å². The zero-order valence-electron chi connectivity index (χ0n) is 33.1. The molecule has 1 saturated heterocycles. The Morgan fingerprint density at radius 1 is 0.566 bits per heavy atom. The van der Waals surface area contributed by atoms with E-state index in [-0.39, 0.29) is 19.4 Å². The summed E-state index contributed by atoms with van der Waals surface area (Å²) < 4.78 is 53.8. The summed E-state index contributed by atoms with van der Waals surface area (Å²) in [5.74, 6) is -1.97. The van der Waals surface area contributed by atoms with Gasteiger partial charge in [-0.05, 0) is 12.8 Å². The molecule has 0 spiro atoms. The van der Waals surface area contributed by atoms with Gasteiger partial charge in [-0.25, -0.2) is 0 Å². The van der Waals surface area contributed by atoms with Gasteiger partial charge in [-0.3, -0.25) is 14.1 Å².